The average Bonchev–Trinajstić information content (AvgIpc) is 2.72. The third-order valence-corrected chi connectivity index (χ3v) is 6.26. The lowest BCUT2D eigenvalue weighted by Crippen LogP contribution is -2.39. The number of hydrogen-bond donors (Lipinski definition) is 1. The summed E-state index contributed by atoms with van der Waals surface area (Å²) in [6.07, 6.45) is 5.86. The Hall–Kier alpha value is -1.09. The van der Waals surface area contributed by atoms with Crippen LogP contribution in [0.15, 0.2) is 18.3 Å². The average molecular weight is 274 g/mol. The van der Waals surface area contributed by atoms with E-state index in [9.17, 15) is 0 Å². The Morgan fingerprint density at radius 1 is 1.40 bits per heavy atom. The Balaban J connectivity index is 1.81. The number of aromatic nitrogens is 1. The first-order valence-electron chi connectivity index (χ1n) is 7.73. The molecule has 3 rings (SSSR count). The van der Waals surface area contributed by atoms with E-state index in [1.54, 1.807) is 6.20 Å². The summed E-state index contributed by atoms with van der Waals surface area (Å²) in [7, 11) is 0. The third kappa shape index (κ3) is 1.86. The minimum Gasteiger partial charge on any atom is -0.474 e. The maximum atomic E-state index is 6.27. The van der Waals surface area contributed by atoms with Crippen LogP contribution in [0.3, 0.4) is 0 Å². The summed E-state index contributed by atoms with van der Waals surface area (Å²) < 4.78 is 6.27. The van der Waals surface area contributed by atoms with E-state index in [1.807, 2.05) is 19.1 Å². The number of nitrogens with two attached hydrogens (primary N) is 1. The van der Waals surface area contributed by atoms with Crippen LogP contribution in [0.2, 0.25) is 0 Å². The fraction of sp³-hybridized carbons (Fsp3) is 0.706. The van der Waals surface area contributed by atoms with E-state index < -0.39 is 0 Å². The van der Waals surface area contributed by atoms with Gasteiger partial charge in [0.25, 0.3) is 0 Å². The zero-order valence-corrected chi connectivity index (χ0v) is 13.0. The van der Waals surface area contributed by atoms with Crippen LogP contribution in [0.4, 0.5) is 0 Å². The van der Waals surface area contributed by atoms with Crippen molar-refractivity contribution < 1.29 is 4.74 Å². The first kappa shape index (κ1) is 13.9. The molecule has 3 unspecified atom stereocenters. The Labute approximate surface area is 121 Å². The molecule has 110 valence electrons. The lowest BCUT2D eigenvalue weighted by molar-refractivity contribution is 0.0272. The van der Waals surface area contributed by atoms with Gasteiger partial charge in [-0.25, -0.2) is 4.98 Å². The molecule has 3 nitrogen and oxygen atoms in total. The van der Waals surface area contributed by atoms with Gasteiger partial charge in [-0.1, -0.05) is 20.8 Å². The molecule has 2 fully saturated rings. The van der Waals surface area contributed by atoms with E-state index in [4.69, 9.17) is 10.5 Å². The van der Waals surface area contributed by atoms with Crippen molar-refractivity contribution in [3.05, 3.63) is 23.9 Å². The van der Waals surface area contributed by atoms with Crippen molar-refractivity contribution in [1.82, 2.24) is 4.98 Å². The number of nitrogens with zero attached hydrogens (tertiary/aromatic N) is 1. The molecule has 0 amide bonds. The molecular weight excluding hydrogens is 248 g/mol. The number of hydrogen-bond acceptors (Lipinski definition) is 3. The second-order valence-corrected chi connectivity index (χ2v) is 7.43. The molecule has 2 N–H and O–H groups in total. The Morgan fingerprint density at radius 3 is 2.70 bits per heavy atom. The second-order valence-electron chi connectivity index (χ2n) is 7.43. The SMILES string of the molecule is C[C@H](N)c1ccnc(OC2CC3CCC2(C)C3(C)C)c1. The minimum atomic E-state index is 0.0207. The first-order chi connectivity index (χ1) is 9.34. The van der Waals surface area contributed by atoms with Crippen molar-refractivity contribution >= 4 is 0 Å². The van der Waals surface area contributed by atoms with Gasteiger partial charge < -0.3 is 10.5 Å². The number of ether oxygens (including phenoxy) is 1. The maximum Gasteiger partial charge on any atom is 0.213 e. The van der Waals surface area contributed by atoms with E-state index in [0.29, 0.717) is 5.41 Å². The lowest BCUT2D eigenvalue weighted by Gasteiger charge is -2.38. The van der Waals surface area contributed by atoms with Crippen LogP contribution in [0.25, 0.3) is 0 Å². The number of fused-ring (bicyclic) bond motifs is 2. The van der Waals surface area contributed by atoms with Gasteiger partial charge in [0.1, 0.15) is 6.10 Å². The van der Waals surface area contributed by atoms with E-state index >= 15 is 0 Å². The summed E-state index contributed by atoms with van der Waals surface area (Å²) in [6, 6.07) is 3.98. The molecule has 1 aromatic rings. The van der Waals surface area contributed by atoms with Crippen LogP contribution >= 0.6 is 0 Å². The molecule has 1 aromatic heterocycles. The van der Waals surface area contributed by atoms with Gasteiger partial charge in [-0.05, 0) is 49.1 Å². The maximum absolute atomic E-state index is 6.27. The van der Waals surface area contributed by atoms with Crippen molar-refractivity contribution in [1.29, 1.82) is 0 Å². The second kappa shape index (κ2) is 4.45. The fourth-order valence-corrected chi connectivity index (χ4v) is 4.23. The van der Waals surface area contributed by atoms with E-state index in [1.165, 1.54) is 12.8 Å². The zero-order chi connectivity index (χ0) is 14.5. The van der Waals surface area contributed by atoms with Crippen LogP contribution in [-0.4, -0.2) is 11.1 Å². The van der Waals surface area contributed by atoms with Gasteiger partial charge in [-0.15, -0.1) is 0 Å². The smallest absolute Gasteiger partial charge is 0.213 e. The van der Waals surface area contributed by atoms with Crippen LogP contribution in [0.1, 0.15) is 58.6 Å². The molecule has 0 aromatic carbocycles. The molecule has 2 aliphatic carbocycles. The van der Waals surface area contributed by atoms with E-state index in [0.717, 1.165) is 23.8 Å². The molecular formula is C17H26N2O. The minimum absolute atomic E-state index is 0.0207. The molecule has 2 saturated carbocycles. The molecule has 20 heavy (non-hydrogen) atoms. The van der Waals surface area contributed by atoms with Gasteiger partial charge in [0.05, 0.1) is 0 Å². The highest BCUT2D eigenvalue weighted by Gasteiger charge is 2.62. The van der Waals surface area contributed by atoms with Gasteiger partial charge in [0.15, 0.2) is 0 Å². The molecule has 0 spiro atoms. The van der Waals surface area contributed by atoms with E-state index in [-0.39, 0.29) is 17.6 Å². The number of pyridine rings is 1. The first-order valence-corrected chi connectivity index (χ1v) is 7.73. The molecule has 4 atom stereocenters. The Kier molecular flexibility index (Phi) is 3.09. The van der Waals surface area contributed by atoms with Crippen LogP contribution in [0.5, 0.6) is 5.88 Å². The van der Waals surface area contributed by atoms with Crippen molar-refractivity contribution in [3.63, 3.8) is 0 Å². The summed E-state index contributed by atoms with van der Waals surface area (Å²) in [4.78, 5) is 4.37. The van der Waals surface area contributed by atoms with Crippen molar-refractivity contribution in [2.45, 2.75) is 59.1 Å². The van der Waals surface area contributed by atoms with Crippen molar-refractivity contribution in [3.8, 4) is 5.88 Å². The van der Waals surface area contributed by atoms with Gasteiger partial charge >= 0.3 is 0 Å². The van der Waals surface area contributed by atoms with Gasteiger partial charge in [-0.2, -0.15) is 0 Å². The monoisotopic (exact) mass is 274 g/mol. The summed E-state index contributed by atoms with van der Waals surface area (Å²) >= 11 is 0. The van der Waals surface area contributed by atoms with Crippen LogP contribution in [0, 0.1) is 16.7 Å². The molecule has 2 aliphatic rings. The lowest BCUT2D eigenvalue weighted by atomic mass is 9.70. The number of rotatable bonds is 3. The predicted octanol–water partition coefficient (Wildman–Crippen LogP) is 3.69. The van der Waals surface area contributed by atoms with Crippen molar-refractivity contribution in [2.24, 2.45) is 22.5 Å². The molecule has 0 aliphatic heterocycles. The van der Waals surface area contributed by atoms with Crippen LogP contribution in [-0.2, 0) is 0 Å². The summed E-state index contributed by atoms with van der Waals surface area (Å²) in [6.45, 7) is 9.18. The third-order valence-electron chi connectivity index (χ3n) is 6.26. The highest BCUT2D eigenvalue weighted by molar-refractivity contribution is 5.24. The molecule has 0 radical (unpaired) electrons. The highest BCUT2D eigenvalue weighted by atomic mass is 16.5. The highest BCUT2D eigenvalue weighted by Crippen LogP contribution is 2.66. The zero-order valence-electron chi connectivity index (χ0n) is 13.0. The summed E-state index contributed by atoms with van der Waals surface area (Å²) in [5, 5.41) is 0. The molecule has 0 saturated heterocycles. The summed E-state index contributed by atoms with van der Waals surface area (Å²) in [5.41, 5.74) is 7.66. The van der Waals surface area contributed by atoms with Gasteiger partial charge in [-0.3, -0.25) is 0 Å². The Morgan fingerprint density at radius 2 is 2.15 bits per heavy atom. The quantitative estimate of drug-likeness (QED) is 0.914. The van der Waals surface area contributed by atoms with E-state index in [2.05, 4.69) is 25.8 Å². The molecule has 2 bridgehead atoms. The largest absolute Gasteiger partial charge is 0.474 e. The topological polar surface area (TPSA) is 48.1 Å². The fourth-order valence-electron chi connectivity index (χ4n) is 4.23. The molecule has 1 heterocycles. The van der Waals surface area contributed by atoms with Gasteiger partial charge in [0.2, 0.25) is 5.88 Å². The van der Waals surface area contributed by atoms with Gasteiger partial charge in [0, 0.05) is 23.7 Å². The molecule has 3 heteroatoms. The van der Waals surface area contributed by atoms with Crippen molar-refractivity contribution in [2.75, 3.05) is 0 Å². The Bertz CT molecular complexity index is 511. The van der Waals surface area contributed by atoms with Crippen LogP contribution < -0.4 is 10.5 Å². The summed E-state index contributed by atoms with van der Waals surface area (Å²) in [5.74, 6) is 1.52. The normalized spacial score (nSPS) is 36.0. The predicted molar refractivity (Wildman–Crippen MR) is 80.5 cm³/mol. The standard InChI is InChI=1S/C17H26N2O/c1-11(18)12-6-8-19-15(9-12)20-14-10-13-5-7-17(14,4)16(13,2)3/h6,8-9,11,13-14H,5,7,10,18H2,1-4H3/t11-,13?,14?,17?/m0/s1.